The van der Waals surface area contributed by atoms with Crippen molar-refractivity contribution in [3.8, 4) is 5.75 Å². The van der Waals surface area contributed by atoms with E-state index >= 15 is 0 Å². The van der Waals surface area contributed by atoms with Gasteiger partial charge in [-0.1, -0.05) is 12.1 Å². The van der Waals surface area contributed by atoms with Crippen LogP contribution in [0.5, 0.6) is 5.75 Å². The monoisotopic (exact) mass is 423 g/mol. The molecule has 3 heterocycles. The van der Waals surface area contributed by atoms with Crippen molar-refractivity contribution in [2.45, 2.75) is 37.7 Å². The number of alkyl halides is 2. The number of fused-ring (bicyclic) bond motifs is 1. The van der Waals surface area contributed by atoms with Crippen LogP contribution in [0.25, 0.3) is 11.2 Å². The number of halogens is 2. The summed E-state index contributed by atoms with van der Waals surface area (Å²) in [5.41, 5.74) is 1.57. The Kier molecular flexibility index (Phi) is 5.72. The Hall–Kier alpha value is -2.93. The largest absolute Gasteiger partial charge is 0.435 e. The molecule has 1 aliphatic heterocycles. The van der Waals surface area contributed by atoms with E-state index in [0.29, 0.717) is 23.5 Å². The van der Waals surface area contributed by atoms with Crippen molar-refractivity contribution in [3.05, 3.63) is 42.5 Å². The van der Waals surface area contributed by atoms with Crippen LogP contribution in [0.1, 0.15) is 11.8 Å². The minimum absolute atomic E-state index is 0.0652. The number of hydrogen-bond acceptors (Lipinski definition) is 9. The highest BCUT2D eigenvalue weighted by Crippen LogP contribution is 2.32. The molecule has 1 fully saturated rings. The number of benzene rings is 1. The molecular weight excluding hydrogens is 404 g/mol. The molecule has 0 aliphatic carbocycles. The summed E-state index contributed by atoms with van der Waals surface area (Å²) in [5.74, 6) is 0.480. The van der Waals surface area contributed by atoms with E-state index in [0.717, 1.165) is 5.56 Å². The fourth-order valence-corrected chi connectivity index (χ4v) is 3.25. The number of ether oxygens (including phenoxy) is 2. The van der Waals surface area contributed by atoms with Gasteiger partial charge in [0.1, 0.15) is 30.4 Å². The van der Waals surface area contributed by atoms with Gasteiger partial charge in [-0.15, -0.1) is 0 Å². The van der Waals surface area contributed by atoms with Gasteiger partial charge in [0.2, 0.25) is 0 Å². The number of imidazole rings is 1. The average molecular weight is 423 g/mol. The molecule has 1 aliphatic rings. The fraction of sp³-hybridized carbons (Fsp3) is 0.389. The second-order valence-corrected chi connectivity index (χ2v) is 6.65. The van der Waals surface area contributed by atoms with Gasteiger partial charge >= 0.3 is 6.61 Å². The summed E-state index contributed by atoms with van der Waals surface area (Å²) in [7, 11) is 0. The van der Waals surface area contributed by atoms with Gasteiger partial charge in [-0.05, 0) is 17.7 Å². The molecule has 12 heteroatoms. The molecule has 3 aromatic rings. The van der Waals surface area contributed by atoms with Crippen molar-refractivity contribution in [1.82, 2.24) is 19.5 Å². The van der Waals surface area contributed by atoms with Crippen LogP contribution in [0.3, 0.4) is 0 Å². The minimum atomic E-state index is -2.88. The van der Waals surface area contributed by atoms with Crippen molar-refractivity contribution in [3.63, 3.8) is 0 Å². The van der Waals surface area contributed by atoms with E-state index in [-0.39, 0.29) is 5.75 Å². The number of hydrogen-bond donors (Lipinski definition) is 4. The van der Waals surface area contributed by atoms with E-state index < -0.39 is 37.8 Å². The average Bonchev–Trinajstić information content (AvgIpc) is 3.28. The minimum Gasteiger partial charge on any atom is -0.435 e. The van der Waals surface area contributed by atoms with E-state index in [2.05, 4.69) is 25.0 Å². The van der Waals surface area contributed by atoms with Crippen LogP contribution in [0.2, 0.25) is 0 Å². The molecule has 4 rings (SSSR count). The summed E-state index contributed by atoms with van der Waals surface area (Å²) in [5, 5.41) is 32.6. The maximum Gasteiger partial charge on any atom is 0.387 e. The second kappa shape index (κ2) is 8.44. The lowest BCUT2D eigenvalue weighted by molar-refractivity contribution is -0.0511. The summed E-state index contributed by atoms with van der Waals surface area (Å²) >= 11 is 0. The number of anilines is 1. The molecule has 0 amide bonds. The number of aromatic nitrogens is 4. The molecule has 2 aromatic heterocycles. The van der Waals surface area contributed by atoms with Crippen LogP contribution in [0.15, 0.2) is 36.9 Å². The summed E-state index contributed by atoms with van der Waals surface area (Å²) in [4.78, 5) is 12.6. The Balaban J connectivity index is 1.51. The topological polar surface area (TPSA) is 135 Å². The molecule has 1 saturated heterocycles. The lowest BCUT2D eigenvalue weighted by atomic mass is 10.1. The Morgan fingerprint density at radius 3 is 2.57 bits per heavy atom. The van der Waals surface area contributed by atoms with Gasteiger partial charge in [0.25, 0.3) is 0 Å². The maximum atomic E-state index is 12.2. The van der Waals surface area contributed by atoms with Gasteiger partial charge in [0.15, 0.2) is 23.2 Å². The molecule has 10 nitrogen and oxygen atoms in total. The van der Waals surface area contributed by atoms with Crippen LogP contribution in [-0.4, -0.2) is 66.4 Å². The number of rotatable bonds is 7. The molecule has 0 radical (unpaired) electrons. The van der Waals surface area contributed by atoms with Gasteiger partial charge in [-0.2, -0.15) is 8.78 Å². The fourth-order valence-electron chi connectivity index (χ4n) is 3.25. The normalized spacial score (nSPS) is 23.9. The lowest BCUT2D eigenvalue weighted by Gasteiger charge is -2.16. The van der Waals surface area contributed by atoms with Crippen molar-refractivity contribution in [2.24, 2.45) is 0 Å². The van der Waals surface area contributed by atoms with Crippen molar-refractivity contribution in [2.75, 3.05) is 11.9 Å². The first-order valence-electron chi connectivity index (χ1n) is 9.05. The van der Waals surface area contributed by atoms with E-state index in [4.69, 9.17) is 4.74 Å². The van der Waals surface area contributed by atoms with Crippen LogP contribution in [0.4, 0.5) is 14.6 Å². The summed E-state index contributed by atoms with van der Waals surface area (Å²) in [6.07, 6.45) is -1.68. The van der Waals surface area contributed by atoms with Crippen LogP contribution < -0.4 is 10.1 Å². The maximum absolute atomic E-state index is 12.2. The van der Waals surface area contributed by atoms with Crippen LogP contribution in [-0.2, 0) is 11.3 Å². The highest BCUT2D eigenvalue weighted by atomic mass is 19.3. The predicted molar refractivity (Wildman–Crippen MR) is 98.7 cm³/mol. The highest BCUT2D eigenvalue weighted by Gasteiger charge is 2.44. The first kappa shape index (κ1) is 20.3. The molecule has 1 unspecified atom stereocenters. The molecule has 4 N–H and O–H groups in total. The molecule has 30 heavy (non-hydrogen) atoms. The Labute approximate surface area is 168 Å². The molecular formula is C18H19F2N5O5. The molecule has 0 spiro atoms. The SMILES string of the molecule is OC[C@H]1OC(n2cnc3c(NCc4ccc(OC(F)F)cc4)ncnc32)[C@H](O)[C@@H]1O. The number of nitrogens with one attached hydrogen (secondary N) is 1. The zero-order valence-electron chi connectivity index (χ0n) is 15.5. The zero-order valence-corrected chi connectivity index (χ0v) is 15.5. The third-order valence-corrected chi connectivity index (χ3v) is 4.76. The Morgan fingerprint density at radius 2 is 1.90 bits per heavy atom. The standard InChI is InChI=1S/C18H19F2N5O5/c19-18(20)29-10-3-1-9(2-4-10)5-21-15-12-16(23-7-22-15)25(8-24-12)17-14(28)13(27)11(6-26)30-17/h1-4,7-8,11,13-14,17-18,26-28H,5-6H2,(H,21,22,23)/t11-,13-,14-,17?/m1/s1. The van der Waals surface area contributed by atoms with Gasteiger partial charge in [0, 0.05) is 6.54 Å². The molecule has 4 atom stereocenters. The van der Waals surface area contributed by atoms with Crippen molar-refractivity contribution in [1.29, 1.82) is 0 Å². The summed E-state index contributed by atoms with van der Waals surface area (Å²) in [6, 6.07) is 6.16. The lowest BCUT2D eigenvalue weighted by Crippen LogP contribution is -2.33. The summed E-state index contributed by atoms with van der Waals surface area (Å²) in [6.45, 7) is -2.99. The molecule has 0 bridgehead atoms. The van der Waals surface area contributed by atoms with Crippen LogP contribution >= 0.6 is 0 Å². The smallest absolute Gasteiger partial charge is 0.387 e. The van der Waals surface area contributed by atoms with E-state index in [1.54, 1.807) is 12.1 Å². The molecule has 1 aromatic carbocycles. The Bertz CT molecular complexity index is 1000. The third-order valence-electron chi connectivity index (χ3n) is 4.76. The number of aliphatic hydroxyl groups excluding tert-OH is 3. The van der Waals surface area contributed by atoms with E-state index in [1.807, 2.05) is 0 Å². The van der Waals surface area contributed by atoms with E-state index in [9.17, 15) is 24.1 Å². The highest BCUT2D eigenvalue weighted by molar-refractivity contribution is 5.82. The van der Waals surface area contributed by atoms with Crippen LogP contribution in [0, 0.1) is 0 Å². The van der Waals surface area contributed by atoms with Gasteiger partial charge in [0.05, 0.1) is 12.9 Å². The zero-order chi connectivity index (χ0) is 21.3. The van der Waals surface area contributed by atoms with Gasteiger partial charge < -0.3 is 30.1 Å². The summed E-state index contributed by atoms with van der Waals surface area (Å²) < 4.78 is 35.8. The Morgan fingerprint density at radius 1 is 1.13 bits per heavy atom. The molecule has 0 saturated carbocycles. The third kappa shape index (κ3) is 3.89. The predicted octanol–water partition coefficient (Wildman–Crippen LogP) is 0.651. The molecule has 160 valence electrons. The quantitative estimate of drug-likeness (QED) is 0.432. The van der Waals surface area contributed by atoms with E-state index in [1.165, 1.54) is 29.4 Å². The van der Waals surface area contributed by atoms with Gasteiger partial charge in [-0.3, -0.25) is 4.57 Å². The number of nitrogens with zero attached hydrogens (tertiary/aromatic N) is 4. The first-order valence-corrected chi connectivity index (χ1v) is 9.05. The number of aliphatic hydroxyl groups is 3. The first-order chi connectivity index (χ1) is 14.5. The second-order valence-electron chi connectivity index (χ2n) is 6.65. The van der Waals surface area contributed by atoms with Crippen molar-refractivity contribution >= 4 is 17.0 Å². The van der Waals surface area contributed by atoms with Gasteiger partial charge in [-0.25, -0.2) is 15.0 Å². The van der Waals surface area contributed by atoms with Crippen molar-refractivity contribution < 1.29 is 33.6 Å².